The van der Waals surface area contributed by atoms with Crippen LogP contribution in [0.5, 0.6) is 0 Å². The molecule has 0 bridgehead atoms. The molecule has 0 saturated carbocycles. The lowest BCUT2D eigenvalue weighted by molar-refractivity contribution is 0.0972. The maximum absolute atomic E-state index is 11.8. The highest BCUT2D eigenvalue weighted by Crippen LogP contribution is 2.20. The Balaban J connectivity index is 2.03. The van der Waals surface area contributed by atoms with Crippen LogP contribution >= 0.6 is 0 Å². The smallest absolute Gasteiger partial charge is 0.171 e. The van der Waals surface area contributed by atoms with Crippen molar-refractivity contribution in [3.63, 3.8) is 0 Å². The van der Waals surface area contributed by atoms with E-state index >= 15 is 0 Å². The van der Waals surface area contributed by atoms with Gasteiger partial charge in [-0.3, -0.25) is 4.79 Å². The normalized spacial score (nSPS) is 22.1. The Labute approximate surface area is 94.7 Å². The fraction of sp³-hybridized carbons (Fsp3) is 0.250. The van der Waals surface area contributed by atoms with Crippen LogP contribution < -0.4 is 0 Å². The first-order chi connectivity index (χ1) is 7.57. The van der Waals surface area contributed by atoms with Crippen molar-refractivity contribution in [2.24, 2.45) is 5.92 Å². The summed E-state index contributed by atoms with van der Waals surface area (Å²) in [6.07, 6.45) is 1.87. The number of ketones is 1. The standard InChI is InChI=1S/C12H12O3S/c13-12(11-4-2-1-3-5-11)8-10-6-7-16(14,15)9-10/h1-7,10H,8-9H2/t10-/m1/s1. The SMILES string of the molecule is O=C(C[C@H]1C=CS(=O)(=O)C1)c1ccccc1. The summed E-state index contributed by atoms with van der Waals surface area (Å²) in [5, 5.41) is 1.20. The van der Waals surface area contributed by atoms with Crippen molar-refractivity contribution in [3.8, 4) is 0 Å². The van der Waals surface area contributed by atoms with E-state index < -0.39 is 9.84 Å². The Bertz CT molecular complexity index is 514. The van der Waals surface area contributed by atoms with E-state index in [4.69, 9.17) is 0 Å². The second-order valence-electron chi connectivity index (χ2n) is 3.91. The maximum atomic E-state index is 11.8. The van der Waals surface area contributed by atoms with Gasteiger partial charge in [-0.1, -0.05) is 36.4 Å². The minimum absolute atomic E-state index is 0.00708. The summed E-state index contributed by atoms with van der Waals surface area (Å²) in [6.45, 7) is 0. The molecule has 0 radical (unpaired) electrons. The predicted molar refractivity (Wildman–Crippen MR) is 61.8 cm³/mol. The zero-order chi connectivity index (χ0) is 11.6. The Morgan fingerprint density at radius 2 is 1.94 bits per heavy atom. The molecule has 2 rings (SSSR count). The second-order valence-corrected chi connectivity index (χ2v) is 5.84. The van der Waals surface area contributed by atoms with Crippen LogP contribution in [0.2, 0.25) is 0 Å². The molecule has 0 N–H and O–H groups in total. The molecule has 1 atom stereocenters. The van der Waals surface area contributed by atoms with Gasteiger partial charge in [-0.05, 0) is 5.92 Å². The molecule has 0 amide bonds. The van der Waals surface area contributed by atoms with Crippen molar-refractivity contribution in [3.05, 3.63) is 47.4 Å². The zero-order valence-electron chi connectivity index (χ0n) is 8.67. The molecule has 0 aliphatic carbocycles. The van der Waals surface area contributed by atoms with Gasteiger partial charge in [0.2, 0.25) is 0 Å². The van der Waals surface area contributed by atoms with E-state index in [0.717, 1.165) is 0 Å². The Kier molecular flexibility index (Phi) is 2.92. The first-order valence-corrected chi connectivity index (χ1v) is 6.77. The van der Waals surface area contributed by atoms with Crippen LogP contribution in [0.15, 0.2) is 41.8 Å². The van der Waals surface area contributed by atoms with Crippen molar-refractivity contribution in [1.82, 2.24) is 0 Å². The zero-order valence-corrected chi connectivity index (χ0v) is 9.48. The molecule has 16 heavy (non-hydrogen) atoms. The second kappa shape index (κ2) is 4.22. The van der Waals surface area contributed by atoms with Crippen molar-refractivity contribution in [1.29, 1.82) is 0 Å². The van der Waals surface area contributed by atoms with Gasteiger partial charge in [-0.25, -0.2) is 8.42 Å². The summed E-state index contributed by atoms with van der Waals surface area (Å²) in [6, 6.07) is 8.94. The molecule has 3 nitrogen and oxygen atoms in total. The fourth-order valence-electron chi connectivity index (χ4n) is 1.75. The topological polar surface area (TPSA) is 51.2 Å². The molecular weight excluding hydrogens is 224 g/mol. The molecule has 1 aliphatic heterocycles. The highest BCUT2D eigenvalue weighted by Gasteiger charge is 2.23. The lowest BCUT2D eigenvalue weighted by atomic mass is 10.00. The van der Waals surface area contributed by atoms with Gasteiger partial charge in [0.05, 0.1) is 5.75 Å². The lowest BCUT2D eigenvalue weighted by Gasteiger charge is -2.05. The molecule has 0 spiro atoms. The van der Waals surface area contributed by atoms with E-state index in [1.54, 1.807) is 30.3 Å². The van der Waals surface area contributed by atoms with Gasteiger partial charge >= 0.3 is 0 Å². The van der Waals surface area contributed by atoms with Crippen molar-refractivity contribution >= 4 is 15.6 Å². The van der Waals surface area contributed by atoms with E-state index in [1.165, 1.54) is 5.41 Å². The molecule has 0 saturated heterocycles. The number of hydrogen-bond acceptors (Lipinski definition) is 3. The molecule has 84 valence electrons. The Morgan fingerprint density at radius 1 is 1.25 bits per heavy atom. The first kappa shape index (κ1) is 11.1. The summed E-state index contributed by atoms with van der Waals surface area (Å²) < 4.78 is 22.3. The van der Waals surface area contributed by atoms with Gasteiger partial charge in [-0.15, -0.1) is 0 Å². The summed E-state index contributed by atoms with van der Waals surface area (Å²) >= 11 is 0. The van der Waals surface area contributed by atoms with Crippen LogP contribution in [0.4, 0.5) is 0 Å². The number of carbonyl (C=O) groups excluding carboxylic acids is 1. The maximum Gasteiger partial charge on any atom is 0.171 e. The van der Waals surface area contributed by atoms with Gasteiger partial charge in [0, 0.05) is 17.4 Å². The van der Waals surface area contributed by atoms with Gasteiger partial charge in [0.25, 0.3) is 0 Å². The number of sulfone groups is 1. The van der Waals surface area contributed by atoms with Gasteiger partial charge in [0.15, 0.2) is 15.6 Å². The van der Waals surface area contributed by atoms with E-state index in [-0.39, 0.29) is 23.9 Å². The number of rotatable bonds is 3. The average Bonchev–Trinajstić information content (AvgIpc) is 2.59. The van der Waals surface area contributed by atoms with Crippen molar-refractivity contribution in [2.75, 3.05) is 5.75 Å². The molecule has 0 unspecified atom stereocenters. The number of Topliss-reactive ketones (excluding diaryl/α,β-unsaturated/α-hetero) is 1. The van der Waals surface area contributed by atoms with Crippen molar-refractivity contribution < 1.29 is 13.2 Å². The van der Waals surface area contributed by atoms with E-state index in [2.05, 4.69) is 0 Å². The van der Waals surface area contributed by atoms with Crippen LogP contribution in [0, 0.1) is 5.92 Å². The third kappa shape index (κ3) is 2.58. The monoisotopic (exact) mass is 236 g/mol. The number of benzene rings is 1. The van der Waals surface area contributed by atoms with Crippen LogP contribution in [-0.4, -0.2) is 20.0 Å². The minimum Gasteiger partial charge on any atom is -0.294 e. The molecule has 1 aromatic carbocycles. The van der Waals surface area contributed by atoms with E-state index in [0.29, 0.717) is 5.56 Å². The van der Waals surface area contributed by atoms with Gasteiger partial charge < -0.3 is 0 Å². The summed E-state index contributed by atoms with van der Waals surface area (Å²) in [5.74, 6) is -0.115. The molecule has 1 aromatic rings. The molecule has 1 aliphatic rings. The van der Waals surface area contributed by atoms with E-state index in [9.17, 15) is 13.2 Å². The Hall–Kier alpha value is -1.42. The molecular formula is C12H12O3S. The third-order valence-electron chi connectivity index (χ3n) is 2.55. The lowest BCUT2D eigenvalue weighted by Crippen LogP contribution is -2.11. The van der Waals surface area contributed by atoms with Crippen LogP contribution in [0.3, 0.4) is 0 Å². The highest BCUT2D eigenvalue weighted by molar-refractivity contribution is 7.94. The summed E-state index contributed by atoms with van der Waals surface area (Å²) in [5.41, 5.74) is 0.639. The predicted octanol–water partition coefficient (Wildman–Crippen LogP) is 1.82. The van der Waals surface area contributed by atoms with E-state index in [1.807, 2.05) is 6.07 Å². The Morgan fingerprint density at radius 3 is 2.50 bits per heavy atom. The number of hydrogen-bond donors (Lipinski definition) is 0. The van der Waals surface area contributed by atoms with Gasteiger partial charge in [0.1, 0.15) is 0 Å². The van der Waals surface area contributed by atoms with Crippen LogP contribution in [-0.2, 0) is 9.84 Å². The summed E-state index contributed by atoms with van der Waals surface area (Å²) in [4.78, 5) is 11.8. The quantitative estimate of drug-likeness (QED) is 0.752. The number of allylic oxidation sites excluding steroid dienone is 1. The van der Waals surface area contributed by atoms with Crippen LogP contribution in [0.25, 0.3) is 0 Å². The molecule has 0 fully saturated rings. The average molecular weight is 236 g/mol. The largest absolute Gasteiger partial charge is 0.294 e. The fourth-order valence-corrected chi connectivity index (χ4v) is 3.15. The summed E-state index contributed by atoms with van der Waals surface area (Å²) in [7, 11) is -3.06. The molecule has 1 heterocycles. The molecule has 4 heteroatoms. The van der Waals surface area contributed by atoms with Crippen LogP contribution in [0.1, 0.15) is 16.8 Å². The van der Waals surface area contributed by atoms with Crippen molar-refractivity contribution in [2.45, 2.75) is 6.42 Å². The third-order valence-corrected chi connectivity index (χ3v) is 4.01. The first-order valence-electron chi connectivity index (χ1n) is 5.06. The minimum atomic E-state index is -3.06. The highest BCUT2D eigenvalue weighted by atomic mass is 32.2. The van der Waals surface area contributed by atoms with Gasteiger partial charge in [-0.2, -0.15) is 0 Å². The molecule has 0 aromatic heterocycles. The number of carbonyl (C=O) groups is 1.